The highest BCUT2D eigenvalue weighted by Gasteiger charge is 2.22. The Labute approximate surface area is 228 Å². The van der Waals surface area contributed by atoms with Crippen LogP contribution in [0.25, 0.3) is 87.7 Å². The summed E-state index contributed by atoms with van der Waals surface area (Å²) in [5, 5.41) is 9.02. The lowest BCUT2D eigenvalue weighted by atomic mass is 9.86. The van der Waals surface area contributed by atoms with Crippen molar-refractivity contribution in [1.82, 2.24) is 4.98 Å². The molecule has 0 saturated heterocycles. The summed E-state index contributed by atoms with van der Waals surface area (Å²) < 4.78 is 13.0. The van der Waals surface area contributed by atoms with Crippen LogP contribution in [0.4, 0.5) is 0 Å². The van der Waals surface area contributed by atoms with Gasteiger partial charge >= 0.3 is 0 Å². The molecule has 40 heavy (non-hydrogen) atoms. The number of rotatable bonds is 2. The largest absolute Gasteiger partial charge is 0.455 e. The van der Waals surface area contributed by atoms with Gasteiger partial charge in [-0.2, -0.15) is 0 Å². The molecule has 0 N–H and O–H groups in total. The van der Waals surface area contributed by atoms with Crippen molar-refractivity contribution < 1.29 is 8.83 Å². The van der Waals surface area contributed by atoms with Crippen LogP contribution in [-0.2, 0) is 0 Å². The maximum Gasteiger partial charge on any atom is 0.143 e. The molecule has 0 aliphatic rings. The molecule has 0 saturated carbocycles. The zero-order chi connectivity index (χ0) is 26.2. The monoisotopic (exact) mass is 511 g/mol. The van der Waals surface area contributed by atoms with Gasteiger partial charge in [-0.3, -0.25) is 4.98 Å². The molecule has 9 rings (SSSR count). The Balaban J connectivity index is 1.46. The van der Waals surface area contributed by atoms with Crippen LogP contribution in [-0.4, -0.2) is 4.98 Å². The fraction of sp³-hybridized carbons (Fsp3) is 0. The molecule has 3 nitrogen and oxygen atoms in total. The Morgan fingerprint density at radius 3 is 1.40 bits per heavy atom. The summed E-state index contributed by atoms with van der Waals surface area (Å²) in [7, 11) is 0. The van der Waals surface area contributed by atoms with Crippen LogP contribution in [0, 0.1) is 0 Å². The van der Waals surface area contributed by atoms with Crippen molar-refractivity contribution in [3.63, 3.8) is 0 Å². The molecule has 6 aromatic carbocycles. The van der Waals surface area contributed by atoms with Gasteiger partial charge in [-0.1, -0.05) is 97.1 Å². The van der Waals surface area contributed by atoms with Crippen molar-refractivity contribution in [2.24, 2.45) is 0 Å². The Morgan fingerprint density at radius 1 is 0.375 bits per heavy atom. The summed E-state index contributed by atoms with van der Waals surface area (Å²) in [4.78, 5) is 4.61. The third kappa shape index (κ3) is 2.86. The molecule has 0 amide bonds. The van der Waals surface area contributed by atoms with Gasteiger partial charge in [0, 0.05) is 61.6 Å². The van der Waals surface area contributed by atoms with E-state index in [0.717, 1.165) is 87.7 Å². The molecule has 0 aliphatic carbocycles. The lowest BCUT2D eigenvalue weighted by Gasteiger charge is -2.17. The van der Waals surface area contributed by atoms with Crippen LogP contribution in [0.15, 0.2) is 136 Å². The van der Waals surface area contributed by atoms with Gasteiger partial charge < -0.3 is 8.83 Å². The minimum atomic E-state index is 0.893. The first kappa shape index (κ1) is 21.5. The third-order valence-electron chi connectivity index (χ3n) is 8.17. The van der Waals surface area contributed by atoms with Gasteiger partial charge in [-0.25, -0.2) is 0 Å². The van der Waals surface area contributed by atoms with Crippen LogP contribution < -0.4 is 0 Å². The number of benzene rings is 6. The molecule has 3 aromatic heterocycles. The molecule has 0 unspecified atom stereocenters. The van der Waals surface area contributed by atoms with Gasteiger partial charge in [0.05, 0.1) is 0 Å². The van der Waals surface area contributed by atoms with Gasteiger partial charge in [0.25, 0.3) is 0 Å². The molecule has 3 heterocycles. The lowest BCUT2D eigenvalue weighted by molar-refractivity contribution is 0.669. The average molecular weight is 512 g/mol. The Bertz CT molecular complexity index is 2220. The zero-order valence-corrected chi connectivity index (χ0v) is 21.4. The Kier molecular flexibility index (Phi) is 4.33. The van der Waals surface area contributed by atoms with E-state index in [4.69, 9.17) is 8.83 Å². The molecule has 0 aliphatic heterocycles. The van der Waals surface area contributed by atoms with E-state index < -0.39 is 0 Å². The minimum Gasteiger partial charge on any atom is -0.455 e. The van der Waals surface area contributed by atoms with Crippen molar-refractivity contribution in [1.29, 1.82) is 0 Å². The van der Waals surface area contributed by atoms with E-state index in [-0.39, 0.29) is 0 Å². The molecule has 9 aromatic rings. The SMILES string of the molecule is c1ccc2c(c1)oc1c(-c3c4ccccc4c(-c4cccc5c4oc4ccccc45)c4cnccc34)cccc12. The number of fused-ring (bicyclic) bond motifs is 8. The average Bonchev–Trinajstić information content (AvgIpc) is 3.59. The lowest BCUT2D eigenvalue weighted by Crippen LogP contribution is -1.92. The van der Waals surface area contributed by atoms with E-state index in [1.807, 2.05) is 36.7 Å². The van der Waals surface area contributed by atoms with Crippen LogP contribution in [0.3, 0.4) is 0 Å². The second-order valence-corrected chi connectivity index (χ2v) is 10.3. The van der Waals surface area contributed by atoms with E-state index in [9.17, 15) is 0 Å². The normalized spacial score (nSPS) is 12.0. The van der Waals surface area contributed by atoms with E-state index in [1.54, 1.807) is 0 Å². The standard InChI is InChI=1S/C37H21NO2/c1-2-12-25-24(11-1)34(29-15-7-13-27-22-9-3-5-17-32(22)39-36(27)29)26-19-20-38-21-31(26)35(25)30-16-8-14-28-23-10-4-6-18-33(23)40-37(28)30/h1-21H. The fourth-order valence-electron chi connectivity index (χ4n) is 6.49. The fourth-order valence-corrected chi connectivity index (χ4v) is 6.49. The summed E-state index contributed by atoms with van der Waals surface area (Å²) >= 11 is 0. The topological polar surface area (TPSA) is 39.2 Å². The van der Waals surface area contributed by atoms with Crippen molar-refractivity contribution in [3.05, 3.63) is 128 Å². The van der Waals surface area contributed by atoms with Gasteiger partial charge in [-0.05, 0) is 34.4 Å². The quantitative estimate of drug-likeness (QED) is 0.217. The first-order valence-corrected chi connectivity index (χ1v) is 13.5. The molecule has 0 atom stereocenters. The number of pyridine rings is 1. The summed E-state index contributed by atoms with van der Waals surface area (Å²) in [6.07, 6.45) is 3.87. The highest BCUT2D eigenvalue weighted by Crippen LogP contribution is 2.48. The summed E-state index contributed by atoms with van der Waals surface area (Å²) in [5.41, 5.74) is 8.01. The van der Waals surface area contributed by atoms with Gasteiger partial charge in [0.1, 0.15) is 22.3 Å². The van der Waals surface area contributed by atoms with E-state index in [0.29, 0.717) is 0 Å². The Morgan fingerprint density at radius 2 is 0.825 bits per heavy atom. The molecule has 3 heteroatoms. The Hall–Kier alpha value is -5.41. The first-order chi connectivity index (χ1) is 19.9. The van der Waals surface area contributed by atoms with Crippen LogP contribution in [0.1, 0.15) is 0 Å². The number of furan rings is 2. The van der Waals surface area contributed by atoms with Crippen LogP contribution in [0.5, 0.6) is 0 Å². The van der Waals surface area contributed by atoms with Gasteiger partial charge in [0.15, 0.2) is 0 Å². The third-order valence-corrected chi connectivity index (χ3v) is 8.17. The van der Waals surface area contributed by atoms with E-state index in [1.165, 1.54) is 0 Å². The van der Waals surface area contributed by atoms with Crippen molar-refractivity contribution in [2.45, 2.75) is 0 Å². The van der Waals surface area contributed by atoms with E-state index >= 15 is 0 Å². The number of hydrogen-bond acceptors (Lipinski definition) is 3. The van der Waals surface area contributed by atoms with Crippen molar-refractivity contribution in [3.8, 4) is 22.3 Å². The molecule has 0 bridgehead atoms. The molecular weight excluding hydrogens is 490 g/mol. The maximum atomic E-state index is 6.51. The van der Waals surface area contributed by atoms with Gasteiger partial charge in [0.2, 0.25) is 0 Å². The van der Waals surface area contributed by atoms with Crippen LogP contribution in [0.2, 0.25) is 0 Å². The van der Waals surface area contributed by atoms with Crippen molar-refractivity contribution in [2.75, 3.05) is 0 Å². The highest BCUT2D eigenvalue weighted by molar-refractivity contribution is 6.26. The molecule has 0 fully saturated rings. The van der Waals surface area contributed by atoms with Crippen LogP contribution >= 0.6 is 0 Å². The first-order valence-electron chi connectivity index (χ1n) is 13.5. The van der Waals surface area contributed by atoms with E-state index in [2.05, 4.69) is 96.0 Å². The zero-order valence-electron chi connectivity index (χ0n) is 21.4. The molecule has 0 spiro atoms. The molecule has 186 valence electrons. The number of aromatic nitrogens is 1. The van der Waals surface area contributed by atoms with Gasteiger partial charge in [-0.15, -0.1) is 0 Å². The summed E-state index contributed by atoms with van der Waals surface area (Å²) in [6.45, 7) is 0. The molecular formula is C37H21NO2. The predicted molar refractivity (Wildman–Crippen MR) is 165 cm³/mol. The summed E-state index contributed by atoms with van der Waals surface area (Å²) in [5.74, 6) is 0. The number of para-hydroxylation sites is 4. The predicted octanol–water partition coefficient (Wildman–Crippen LogP) is 10.5. The summed E-state index contributed by atoms with van der Waals surface area (Å²) in [6, 6.07) is 40.1. The molecule has 0 radical (unpaired) electrons. The smallest absolute Gasteiger partial charge is 0.143 e. The highest BCUT2D eigenvalue weighted by atomic mass is 16.3. The second kappa shape index (κ2) is 8.05. The van der Waals surface area contributed by atoms with Crippen molar-refractivity contribution >= 4 is 65.4 Å². The number of nitrogens with zero attached hydrogens (tertiary/aromatic N) is 1. The minimum absolute atomic E-state index is 0.893. The maximum absolute atomic E-state index is 6.51. The second-order valence-electron chi connectivity index (χ2n) is 10.3. The number of hydrogen-bond donors (Lipinski definition) is 0.